The van der Waals surface area contributed by atoms with Crippen molar-refractivity contribution in [3.05, 3.63) is 60.5 Å². The van der Waals surface area contributed by atoms with Crippen LogP contribution in [0, 0.1) is 23.1 Å². The summed E-state index contributed by atoms with van der Waals surface area (Å²) in [6.45, 7) is 13.2. The minimum atomic E-state index is -3.94. The van der Waals surface area contributed by atoms with E-state index in [4.69, 9.17) is 14.2 Å². The lowest BCUT2D eigenvalue weighted by Gasteiger charge is -2.31. The molecular weight excluding hydrogens is 713 g/mol. The number of ketones is 1. The highest BCUT2D eigenvalue weighted by Gasteiger charge is 2.61. The summed E-state index contributed by atoms with van der Waals surface area (Å²) in [5.74, 6) is -6.20. The molecule has 5 rings (SSSR count). The van der Waals surface area contributed by atoms with Crippen LogP contribution in [0.5, 0.6) is 0 Å². The van der Waals surface area contributed by atoms with Gasteiger partial charge < -0.3 is 19.1 Å². The second kappa shape index (κ2) is 15.0. The number of Topliss-reactive ketones (excluding diaryl/α,β-unsaturated/α-hetero) is 1. The SMILES string of the molecule is C=CC(=O)O[C@H](C)[C@H](CC(=O)OC(C)(C)C)C(=O)N1CC(OC(=O)N2Cc3cccc(F)c3C2)CC1C(=O)C[C@]1(C(=O)NS(=O)(=O)C2CC2)C[C@H]1C=C. The van der Waals surface area contributed by atoms with Gasteiger partial charge in [0.25, 0.3) is 0 Å². The van der Waals surface area contributed by atoms with Gasteiger partial charge in [-0.05, 0) is 64.5 Å². The molecule has 2 heterocycles. The van der Waals surface area contributed by atoms with E-state index in [0.717, 1.165) is 11.0 Å². The van der Waals surface area contributed by atoms with Crippen LogP contribution >= 0.6 is 0 Å². The molecule has 2 saturated carbocycles. The number of hydrogen-bond donors (Lipinski definition) is 1. The van der Waals surface area contributed by atoms with Crippen LogP contribution in [0.3, 0.4) is 0 Å². The van der Waals surface area contributed by atoms with E-state index in [-0.39, 0.29) is 32.5 Å². The van der Waals surface area contributed by atoms with Gasteiger partial charge in [0, 0.05) is 31.0 Å². The second-order valence-electron chi connectivity index (χ2n) is 15.2. The molecule has 0 radical (unpaired) electrons. The number of sulfonamides is 1. The van der Waals surface area contributed by atoms with Crippen molar-refractivity contribution >= 4 is 45.7 Å². The molecular formula is C37H46FN3O11S. The minimum absolute atomic E-state index is 0.0486. The van der Waals surface area contributed by atoms with Crippen LogP contribution in [0.4, 0.5) is 9.18 Å². The summed E-state index contributed by atoms with van der Waals surface area (Å²) in [6, 6.07) is 3.23. The molecule has 1 saturated heterocycles. The average molecular weight is 760 g/mol. The Hall–Kier alpha value is -4.60. The predicted octanol–water partition coefficient (Wildman–Crippen LogP) is 3.47. The van der Waals surface area contributed by atoms with E-state index in [9.17, 15) is 41.6 Å². The molecule has 2 unspecified atom stereocenters. The van der Waals surface area contributed by atoms with Crippen molar-refractivity contribution in [3.8, 4) is 0 Å². The topological polar surface area (TPSA) is 183 Å². The number of nitrogens with one attached hydrogen (secondary N) is 1. The van der Waals surface area contributed by atoms with Gasteiger partial charge in [0.05, 0.1) is 42.1 Å². The highest BCUT2D eigenvalue weighted by molar-refractivity contribution is 7.90. The normalized spacial score (nSPS) is 24.7. The average Bonchev–Trinajstić information content (AvgIpc) is 3.96. The first-order valence-electron chi connectivity index (χ1n) is 17.6. The van der Waals surface area contributed by atoms with Crippen LogP contribution < -0.4 is 4.72 Å². The van der Waals surface area contributed by atoms with Crippen LogP contribution in [0.15, 0.2) is 43.5 Å². The highest BCUT2D eigenvalue weighted by Crippen LogP contribution is 2.57. The molecule has 0 aromatic heterocycles. The number of carbonyl (C=O) groups is 6. The summed E-state index contributed by atoms with van der Waals surface area (Å²) in [6.07, 6.45) is -0.880. The number of fused-ring (bicyclic) bond motifs is 1. The molecule has 1 aromatic rings. The van der Waals surface area contributed by atoms with Crippen molar-refractivity contribution in [1.82, 2.24) is 14.5 Å². The Kier molecular flexibility index (Phi) is 11.2. The summed E-state index contributed by atoms with van der Waals surface area (Å²) >= 11 is 0. The second-order valence-corrected chi connectivity index (χ2v) is 17.2. The summed E-state index contributed by atoms with van der Waals surface area (Å²) in [4.78, 5) is 83.1. The lowest BCUT2D eigenvalue weighted by atomic mass is 9.90. The van der Waals surface area contributed by atoms with E-state index in [2.05, 4.69) is 17.9 Å². The van der Waals surface area contributed by atoms with E-state index in [1.807, 2.05) is 0 Å². The fourth-order valence-electron chi connectivity index (χ4n) is 7.01. The Morgan fingerprint density at radius 3 is 2.40 bits per heavy atom. The molecule has 2 aliphatic heterocycles. The molecule has 3 fully saturated rings. The van der Waals surface area contributed by atoms with Crippen LogP contribution in [-0.2, 0) is 61.3 Å². The van der Waals surface area contributed by atoms with Gasteiger partial charge in [-0.2, -0.15) is 0 Å². The first-order valence-corrected chi connectivity index (χ1v) is 19.1. The van der Waals surface area contributed by atoms with E-state index < -0.39 is 111 Å². The number of benzene rings is 1. The number of halogens is 1. The van der Waals surface area contributed by atoms with Crippen molar-refractivity contribution in [1.29, 1.82) is 0 Å². The molecule has 288 valence electrons. The first-order chi connectivity index (χ1) is 24.8. The monoisotopic (exact) mass is 759 g/mol. The molecule has 16 heteroatoms. The van der Waals surface area contributed by atoms with Crippen LogP contribution in [-0.4, -0.2) is 89.5 Å². The predicted molar refractivity (Wildman–Crippen MR) is 186 cm³/mol. The molecule has 0 spiro atoms. The Bertz CT molecular complexity index is 1820. The quantitative estimate of drug-likeness (QED) is 0.127. The third-order valence-corrected chi connectivity index (χ3v) is 11.9. The summed E-state index contributed by atoms with van der Waals surface area (Å²) in [7, 11) is -3.94. The molecule has 14 nitrogen and oxygen atoms in total. The number of carbonyl (C=O) groups excluding carboxylic acids is 6. The van der Waals surface area contributed by atoms with Crippen LogP contribution in [0.1, 0.15) is 77.3 Å². The number of allylic oxidation sites excluding steroid dienone is 1. The molecule has 1 aromatic carbocycles. The molecule has 53 heavy (non-hydrogen) atoms. The standard InChI is InChI=1S/C37H46FN3O11S/c1-7-23-16-37(23,34(46)39-53(48,49)25-12-13-25)17-30(42)29-14-24(51-35(47)40-18-22-10-9-11-28(38)27(22)20-40)19-41(29)33(45)26(21(3)50-31(43)8-2)15-32(44)52-36(4,5)6/h7-11,21,23-26,29H,1-2,12-20H2,3-6H3,(H,39,46)/t21-,23-,24?,26+,29?,37-/m1/s1. The van der Waals surface area contributed by atoms with E-state index in [1.165, 1.54) is 30.0 Å². The lowest BCUT2D eigenvalue weighted by Crippen LogP contribution is -2.49. The molecule has 3 amide bonds. The Balaban J connectivity index is 1.41. The zero-order chi connectivity index (χ0) is 39.0. The summed E-state index contributed by atoms with van der Waals surface area (Å²) in [5, 5.41) is -0.683. The maximum absolute atomic E-state index is 14.4. The number of amides is 3. The van der Waals surface area contributed by atoms with Crippen molar-refractivity contribution in [3.63, 3.8) is 0 Å². The van der Waals surface area contributed by atoms with E-state index >= 15 is 0 Å². The van der Waals surface area contributed by atoms with E-state index in [0.29, 0.717) is 24.0 Å². The molecule has 1 N–H and O–H groups in total. The van der Waals surface area contributed by atoms with Gasteiger partial charge in [0.1, 0.15) is 23.6 Å². The Morgan fingerprint density at radius 1 is 1.11 bits per heavy atom. The molecule has 6 atom stereocenters. The Morgan fingerprint density at radius 2 is 1.81 bits per heavy atom. The lowest BCUT2D eigenvalue weighted by molar-refractivity contribution is -0.164. The van der Waals surface area contributed by atoms with E-state index in [1.54, 1.807) is 26.8 Å². The van der Waals surface area contributed by atoms with Gasteiger partial charge in [-0.3, -0.25) is 28.8 Å². The molecule has 4 aliphatic rings. The van der Waals surface area contributed by atoms with Gasteiger partial charge >= 0.3 is 18.0 Å². The van der Waals surface area contributed by atoms with Crippen molar-refractivity contribution in [2.75, 3.05) is 6.54 Å². The summed E-state index contributed by atoms with van der Waals surface area (Å²) < 4.78 is 58.5. The van der Waals surface area contributed by atoms with Gasteiger partial charge in [-0.1, -0.05) is 24.8 Å². The van der Waals surface area contributed by atoms with Gasteiger partial charge in [-0.25, -0.2) is 22.4 Å². The number of rotatable bonds is 14. The number of hydrogen-bond acceptors (Lipinski definition) is 11. The third-order valence-electron chi connectivity index (χ3n) is 10.1. The van der Waals surface area contributed by atoms with Gasteiger partial charge in [0.2, 0.25) is 21.8 Å². The summed E-state index contributed by atoms with van der Waals surface area (Å²) in [5.41, 5.74) is -1.39. The first kappa shape index (κ1) is 39.6. The number of likely N-dealkylation sites (tertiary alicyclic amines) is 1. The molecule has 2 aliphatic carbocycles. The van der Waals surface area contributed by atoms with Crippen LogP contribution in [0.2, 0.25) is 0 Å². The maximum atomic E-state index is 14.4. The maximum Gasteiger partial charge on any atom is 0.410 e. The van der Waals surface area contributed by atoms with Crippen molar-refractivity contribution in [2.45, 2.75) is 108 Å². The fourth-order valence-corrected chi connectivity index (χ4v) is 8.40. The highest BCUT2D eigenvalue weighted by atomic mass is 32.2. The number of esters is 2. The van der Waals surface area contributed by atoms with Crippen molar-refractivity contribution in [2.24, 2.45) is 17.3 Å². The number of nitrogens with zero attached hydrogens (tertiary/aromatic N) is 2. The molecule has 0 bridgehead atoms. The largest absolute Gasteiger partial charge is 0.460 e. The smallest absolute Gasteiger partial charge is 0.410 e. The zero-order valence-electron chi connectivity index (χ0n) is 30.3. The third kappa shape index (κ3) is 8.96. The van der Waals surface area contributed by atoms with Crippen LogP contribution in [0.25, 0.3) is 0 Å². The minimum Gasteiger partial charge on any atom is -0.460 e. The number of ether oxygens (including phenoxy) is 3. The zero-order valence-corrected chi connectivity index (χ0v) is 31.1. The fraction of sp³-hybridized carbons (Fsp3) is 0.568. The van der Waals surface area contributed by atoms with Crippen molar-refractivity contribution < 1.29 is 55.8 Å². The van der Waals surface area contributed by atoms with Gasteiger partial charge in [-0.15, -0.1) is 6.58 Å². The van der Waals surface area contributed by atoms with Gasteiger partial charge in [0.15, 0.2) is 5.78 Å². The Labute approximate surface area is 308 Å².